The highest BCUT2D eigenvalue weighted by molar-refractivity contribution is 7.98. The molecule has 0 bridgehead atoms. The fourth-order valence-electron chi connectivity index (χ4n) is 3.48. The zero-order chi connectivity index (χ0) is 22.9. The van der Waals surface area contributed by atoms with Crippen molar-refractivity contribution < 1.29 is 9.53 Å². The molecule has 2 aromatic heterocycles. The van der Waals surface area contributed by atoms with Gasteiger partial charge in [-0.3, -0.25) is 9.36 Å². The van der Waals surface area contributed by atoms with Gasteiger partial charge in [-0.1, -0.05) is 54.2 Å². The lowest BCUT2D eigenvalue weighted by Crippen LogP contribution is -2.25. The lowest BCUT2D eigenvalue weighted by Gasteiger charge is -2.09. The fraction of sp³-hybridized carbons (Fsp3) is 0.269. The van der Waals surface area contributed by atoms with E-state index in [1.807, 2.05) is 61.5 Å². The third-order valence-electron chi connectivity index (χ3n) is 5.19. The van der Waals surface area contributed by atoms with Crippen LogP contribution in [0.4, 0.5) is 0 Å². The molecule has 4 rings (SSSR count). The van der Waals surface area contributed by atoms with Gasteiger partial charge in [0.05, 0.1) is 6.54 Å². The Balaban J connectivity index is 1.40. The number of carbonyl (C=O) groups excluding carboxylic acids is 1. The number of imidazole rings is 1. The van der Waals surface area contributed by atoms with Gasteiger partial charge < -0.3 is 10.1 Å². The van der Waals surface area contributed by atoms with Gasteiger partial charge in [0, 0.05) is 37.3 Å². The summed E-state index contributed by atoms with van der Waals surface area (Å²) in [6.07, 6.45) is 2.62. The van der Waals surface area contributed by atoms with Gasteiger partial charge in [0.1, 0.15) is 5.52 Å². The second-order valence-corrected chi connectivity index (χ2v) is 8.55. The van der Waals surface area contributed by atoms with Crippen LogP contribution in [0.1, 0.15) is 34.8 Å². The minimum atomic E-state index is -0.0542. The first-order valence-corrected chi connectivity index (χ1v) is 12.2. The molecule has 0 aliphatic carbocycles. The monoisotopic (exact) mass is 460 g/mol. The minimum Gasteiger partial charge on any atom is -0.382 e. The fourth-order valence-corrected chi connectivity index (χ4v) is 4.44. The number of aromatic nitrogens is 3. The number of carbonyl (C=O) groups is 1. The Kier molecular flexibility index (Phi) is 8.11. The maximum atomic E-state index is 12.3. The molecule has 0 aliphatic heterocycles. The number of hydrogen-bond donors (Lipinski definition) is 1. The number of thioether (sulfide) groups is 1. The topological polar surface area (TPSA) is 69.0 Å². The molecule has 0 radical (unpaired) electrons. The summed E-state index contributed by atoms with van der Waals surface area (Å²) in [5, 5.41) is 3.87. The lowest BCUT2D eigenvalue weighted by atomic mass is 10.1. The summed E-state index contributed by atoms with van der Waals surface area (Å²) in [6.45, 7) is 4.67. The Morgan fingerprint density at radius 2 is 1.85 bits per heavy atom. The molecule has 4 aromatic rings. The first kappa shape index (κ1) is 23.0. The van der Waals surface area contributed by atoms with E-state index in [0.29, 0.717) is 25.3 Å². The summed E-state index contributed by atoms with van der Waals surface area (Å²) < 4.78 is 7.46. The molecule has 2 heterocycles. The maximum absolute atomic E-state index is 12.3. The van der Waals surface area contributed by atoms with Crippen LogP contribution in [-0.4, -0.2) is 40.2 Å². The van der Waals surface area contributed by atoms with Crippen molar-refractivity contribution in [2.45, 2.75) is 30.8 Å². The summed E-state index contributed by atoms with van der Waals surface area (Å²) >= 11 is 1.68. The van der Waals surface area contributed by atoms with Crippen LogP contribution in [0.15, 0.2) is 78.1 Å². The molecule has 1 N–H and O–H groups in total. The normalized spacial score (nSPS) is 11.1. The zero-order valence-electron chi connectivity index (χ0n) is 18.7. The number of amides is 1. The average Bonchev–Trinajstić information content (AvgIpc) is 3.20. The van der Waals surface area contributed by atoms with Crippen molar-refractivity contribution >= 4 is 28.8 Å². The van der Waals surface area contributed by atoms with Gasteiger partial charge in [0.2, 0.25) is 0 Å². The molecule has 1 amide bonds. The first-order valence-electron chi connectivity index (χ1n) is 11.2. The molecular weight excluding hydrogens is 432 g/mol. The van der Waals surface area contributed by atoms with Crippen molar-refractivity contribution in [3.63, 3.8) is 0 Å². The second-order valence-electron chi connectivity index (χ2n) is 7.60. The minimum absolute atomic E-state index is 0.0542. The predicted molar refractivity (Wildman–Crippen MR) is 133 cm³/mol. The van der Waals surface area contributed by atoms with Crippen molar-refractivity contribution in [2.75, 3.05) is 19.8 Å². The van der Waals surface area contributed by atoms with Gasteiger partial charge in [0.25, 0.3) is 5.91 Å². The van der Waals surface area contributed by atoms with Gasteiger partial charge >= 0.3 is 0 Å². The van der Waals surface area contributed by atoms with E-state index in [9.17, 15) is 4.79 Å². The van der Waals surface area contributed by atoms with E-state index in [4.69, 9.17) is 9.72 Å². The number of pyridine rings is 1. The van der Waals surface area contributed by atoms with Crippen LogP contribution in [0.25, 0.3) is 11.2 Å². The van der Waals surface area contributed by atoms with Crippen molar-refractivity contribution in [3.05, 3.63) is 89.6 Å². The quantitative estimate of drug-likeness (QED) is 0.254. The molecule has 0 atom stereocenters. The number of nitrogens with one attached hydrogen (secondary N) is 1. The zero-order valence-corrected chi connectivity index (χ0v) is 19.6. The lowest BCUT2D eigenvalue weighted by molar-refractivity contribution is 0.0944. The molecule has 2 aromatic carbocycles. The highest BCUT2D eigenvalue weighted by Crippen LogP contribution is 2.27. The molecule has 7 heteroatoms. The summed E-state index contributed by atoms with van der Waals surface area (Å²) in [5.41, 5.74) is 4.80. The van der Waals surface area contributed by atoms with E-state index in [-0.39, 0.29) is 5.91 Å². The van der Waals surface area contributed by atoms with E-state index in [2.05, 4.69) is 27.0 Å². The summed E-state index contributed by atoms with van der Waals surface area (Å²) in [4.78, 5) is 21.7. The molecule has 0 fully saturated rings. The second kappa shape index (κ2) is 11.6. The van der Waals surface area contributed by atoms with Gasteiger partial charge in [0.15, 0.2) is 10.8 Å². The number of nitrogens with zero attached hydrogens (tertiary/aromatic N) is 3. The van der Waals surface area contributed by atoms with E-state index < -0.39 is 0 Å². The largest absolute Gasteiger partial charge is 0.382 e. The molecule has 0 spiro atoms. The summed E-state index contributed by atoms with van der Waals surface area (Å²) in [7, 11) is 0. The number of rotatable bonds is 11. The summed E-state index contributed by atoms with van der Waals surface area (Å²) in [6, 6.07) is 22.0. The van der Waals surface area contributed by atoms with Gasteiger partial charge in [-0.2, -0.15) is 0 Å². The van der Waals surface area contributed by atoms with Crippen molar-refractivity contribution in [1.82, 2.24) is 19.9 Å². The van der Waals surface area contributed by atoms with E-state index in [1.165, 1.54) is 5.56 Å². The predicted octanol–water partition coefficient (Wildman–Crippen LogP) is 4.93. The maximum Gasteiger partial charge on any atom is 0.251 e. The number of hydrogen-bond acceptors (Lipinski definition) is 5. The van der Waals surface area contributed by atoms with Crippen LogP contribution in [-0.2, 0) is 17.0 Å². The van der Waals surface area contributed by atoms with E-state index in [0.717, 1.165) is 40.6 Å². The third-order valence-corrected chi connectivity index (χ3v) is 6.24. The highest BCUT2D eigenvalue weighted by Gasteiger charge is 2.13. The number of benzene rings is 2. The molecule has 33 heavy (non-hydrogen) atoms. The Morgan fingerprint density at radius 3 is 2.64 bits per heavy atom. The molecule has 170 valence electrons. The Morgan fingerprint density at radius 1 is 1.03 bits per heavy atom. The number of fused-ring (bicyclic) bond motifs is 1. The summed E-state index contributed by atoms with van der Waals surface area (Å²) in [5.74, 6) is 0.704. The van der Waals surface area contributed by atoms with Crippen LogP contribution in [0, 0.1) is 0 Å². The Bertz CT molecular complexity index is 1180. The van der Waals surface area contributed by atoms with Crippen LogP contribution in [0.5, 0.6) is 0 Å². The van der Waals surface area contributed by atoms with Crippen LogP contribution in [0.2, 0.25) is 0 Å². The van der Waals surface area contributed by atoms with Crippen LogP contribution in [0.3, 0.4) is 0 Å². The Hall–Kier alpha value is -3.16. The van der Waals surface area contributed by atoms with Gasteiger partial charge in [-0.25, -0.2) is 9.97 Å². The van der Waals surface area contributed by atoms with Gasteiger partial charge in [-0.05, 0) is 48.7 Å². The molecule has 0 unspecified atom stereocenters. The van der Waals surface area contributed by atoms with Crippen molar-refractivity contribution in [2.24, 2.45) is 0 Å². The molecule has 0 saturated heterocycles. The molecule has 0 aliphatic rings. The van der Waals surface area contributed by atoms with Crippen LogP contribution < -0.4 is 5.32 Å². The smallest absolute Gasteiger partial charge is 0.251 e. The molecule has 6 nitrogen and oxygen atoms in total. The van der Waals surface area contributed by atoms with Crippen LogP contribution >= 0.6 is 11.8 Å². The van der Waals surface area contributed by atoms with E-state index in [1.54, 1.807) is 18.0 Å². The highest BCUT2D eigenvalue weighted by atomic mass is 32.2. The average molecular weight is 461 g/mol. The standard InChI is InChI=1S/C26H28N4O2S/c1-2-32-17-7-16-28-25(31)22-13-11-21(12-14-22)19-33-26-29-23-10-6-15-27-24(23)30(26)18-20-8-4-3-5-9-20/h3-6,8-15H,2,7,16-19H2,1H3,(H,28,31). The third kappa shape index (κ3) is 6.21. The Labute approximate surface area is 198 Å². The molecular formula is C26H28N4O2S. The first-order chi connectivity index (χ1) is 16.2. The van der Waals surface area contributed by atoms with Crippen molar-refractivity contribution in [1.29, 1.82) is 0 Å². The van der Waals surface area contributed by atoms with E-state index >= 15 is 0 Å². The van der Waals surface area contributed by atoms with Crippen molar-refractivity contribution in [3.8, 4) is 0 Å². The number of ether oxygens (including phenoxy) is 1. The SMILES string of the molecule is CCOCCCNC(=O)c1ccc(CSc2nc3cccnc3n2Cc2ccccc2)cc1. The molecule has 0 saturated carbocycles. The van der Waals surface area contributed by atoms with Gasteiger partial charge in [-0.15, -0.1) is 0 Å².